The van der Waals surface area contributed by atoms with E-state index >= 15 is 0 Å². The van der Waals surface area contributed by atoms with Crippen molar-refractivity contribution in [2.75, 3.05) is 20.1 Å². The van der Waals surface area contributed by atoms with Crippen molar-refractivity contribution in [3.8, 4) is 0 Å². The topological polar surface area (TPSA) is 15.3 Å². The highest BCUT2D eigenvalue weighted by Crippen LogP contribution is 2.30. The van der Waals surface area contributed by atoms with Gasteiger partial charge in [0.05, 0.1) is 13.1 Å². The molecule has 0 radical (unpaired) electrons. The molecule has 0 aliphatic heterocycles. The monoisotopic (exact) mass is 254 g/mol. The second-order valence-corrected chi connectivity index (χ2v) is 5.01. The second kappa shape index (κ2) is 5.76. The molecule has 1 saturated carbocycles. The molecule has 0 aromatic heterocycles. The van der Waals surface area contributed by atoms with E-state index in [2.05, 4.69) is 5.32 Å². The summed E-state index contributed by atoms with van der Waals surface area (Å²) in [5, 5.41) is 2.56. The molecule has 1 aromatic rings. The van der Waals surface area contributed by atoms with Crippen LogP contribution in [0.4, 0.5) is 8.78 Å². The fourth-order valence-corrected chi connectivity index (χ4v) is 2.18. The van der Waals surface area contributed by atoms with Gasteiger partial charge in [-0.2, -0.15) is 0 Å². The van der Waals surface area contributed by atoms with Crippen molar-refractivity contribution in [3.63, 3.8) is 0 Å². The summed E-state index contributed by atoms with van der Waals surface area (Å²) >= 11 is 0. The average molecular weight is 254 g/mol. The Bertz CT molecular complexity index is 363. The molecule has 1 N–H and O–H groups in total. The second-order valence-electron chi connectivity index (χ2n) is 5.01. The number of nitrogens with zero attached hydrogens (tertiary/aromatic N) is 1. The third-order valence-electron chi connectivity index (χ3n) is 3.16. The lowest BCUT2D eigenvalue weighted by atomic mass is 10.2. The first kappa shape index (κ1) is 13.4. The highest BCUT2D eigenvalue weighted by Gasteiger charge is 2.37. The SMILES string of the molecule is CNCC(F)(F)CN(Cc1ccccc1)C1CC1. The normalized spacial score (nSPS) is 16.2. The van der Waals surface area contributed by atoms with Gasteiger partial charge in [-0.3, -0.25) is 4.90 Å². The van der Waals surface area contributed by atoms with Crippen molar-refractivity contribution in [2.45, 2.75) is 31.4 Å². The molecule has 18 heavy (non-hydrogen) atoms. The summed E-state index contributed by atoms with van der Waals surface area (Å²) in [4.78, 5) is 1.91. The summed E-state index contributed by atoms with van der Waals surface area (Å²) in [6.07, 6.45) is 2.09. The molecule has 4 heteroatoms. The van der Waals surface area contributed by atoms with Crippen molar-refractivity contribution in [2.24, 2.45) is 0 Å². The summed E-state index contributed by atoms with van der Waals surface area (Å²) in [6, 6.07) is 10.2. The van der Waals surface area contributed by atoms with Crippen LogP contribution in [0.25, 0.3) is 0 Å². The smallest absolute Gasteiger partial charge is 0.272 e. The van der Waals surface area contributed by atoms with Gasteiger partial charge in [-0.15, -0.1) is 0 Å². The third-order valence-corrected chi connectivity index (χ3v) is 3.16. The maximum atomic E-state index is 13.7. The predicted octanol–water partition coefficient (Wildman–Crippen LogP) is 2.51. The first-order valence-electron chi connectivity index (χ1n) is 6.41. The largest absolute Gasteiger partial charge is 0.314 e. The molecule has 0 bridgehead atoms. The average Bonchev–Trinajstić information content (AvgIpc) is 3.13. The zero-order valence-corrected chi connectivity index (χ0v) is 10.7. The van der Waals surface area contributed by atoms with Crippen LogP contribution in [0.3, 0.4) is 0 Å². The Balaban J connectivity index is 1.96. The lowest BCUT2D eigenvalue weighted by Gasteiger charge is -2.27. The molecule has 1 aliphatic carbocycles. The first-order valence-corrected chi connectivity index (χ1v) is 6.41. The molecule has 100 valence electrons. The van der Waals surface area contributed by atoms with Crippen LogP contribution in [-0.4, -0.2) is 37.0 Å². The van der Waals surface area contributed by atoms with Gasteiger partial charge >= 0.3 is 0 Å². The standard InChI is InChI=1S/C14H20F2N2/c1-17-10-14(15,16)11-18(13-7-8-13)9-12-5-3-2-4-6-12/h2-6,13,17H,7-11H2,1H3. The van der Waals surface area contributed by atoms with Gasteiger partial charge in [-0.05, 0) is 25.5 Å². The molecular formula is C14H20F2N2. The van der Waals surface area contributed by atoms with Crippen LogP contribution < -0.4 is 5.32 Å². The molecule has 2 nitrogen and oxygen atoms in total. The molecule has 2 rings (SSSR count). The van der Waals surface area contributed by atoms with E-state index < -0.39 is 5.92 Å². The van der Waals surface area contributed by atoms with E-state index in [1.54, 1.807) is 7.05 Å². The van der Waals surface area contributed by atoms with E-state index in [1.807, 2.05) is 35.2 Å². The number of nitrogens with one attached hydrogen (secondary N) is 1. The highest BCUT2D eigenvalue weighted by molar-refractivity contribution is 5.15. The number of benzene rings is 1. The molecule has 0 saturated heterocycles. The van der Waals surface area contributed by atoms with Gasteiger partial charge in [-0.1, -0.05) is 30.3 Å². The van der Waals surface area contributed by atoms with E-state index in [0.717, 1.165) is 18.4 Å². The van der Waals surface area contributed by atoms with E-state index in [4.69, 9.17) is 0 Å². The van der Waals surface area contributed by atoms with E-state index in [1.165, 1.54) is 0 Å². The molecule has 0 unspecified atom stereocenters. The third kappa shape index (κ3) is 4.03. The molecule has 1 fully saturated rings. The lowest BCUT2D eigenvalue weighted by Crippen LogP contribution is -2.43. The Morgan fingerprint density at radius 2 is 1.94 bits per heavy atom. The van der Waals surface area contributed by atoms with Crippen LogP contribution in [0.1, 0.15) is 18.4 Å². The first-order chi connectivity index (χ1) is 8.61. The fraction of sp³-hybridized carbons (Fsp3) is 0.571. The van der Waals surface area contributed by atoms with Gasteiger partial charge in [-0.25, -0.2) is 8.78 Å². The van der Waals surface area contributed by atoms with Crippen LogP contribution in [0.2, 0.25) is 0 Å². The summed E-state index contributed by atoms with van der Waals surface area (Å²) in [5.74, 6) is -2.66. The summed E-state index contributed by atoms with van der Waals surface area (Å²) in [7, 11) is 1.56. The van der Waals surface area contributed by atoms with E-state index in [0.29, 0.717) is 12.6 Å². The molecule has 0 atom stereocenters. The minimum absolute atomic E-state index is 0.159. The van der Waals surface area contributed by atoms with Gasteiger partial charge in [0, 0.05) is 12.6 Å². The van der Waals surface area contributed by atoms with Crippen molar-refractivity contribution in [3.05, 3.63) is 35.9 Å². The number of alkyl halides is 2. The van der Waals surface area contributed by atoms with Gasteiger partial charge in [0.15, 0.2) is 0 Å². The van der Waals surface area contributed by atoms with Gasteiger partial charge in [0.25, 0.3) is 5.92 Å². The summed E-state index contributed by atoms with van der Waals surface area (Å²) in [6.45, 7) is 0.198. The fourth-order valence-electron chi connectivity index (χ4n) is 2.18. The zero-order valence-electron chi connectivity index (χ0n) is 10.7. The number of hydrogen-bond donors (Lipinski definition) is 1. The number of hydrogen-bond acceptors (Lipinski definition) is 2. The van der Waals surface area contributed by atoms with Crippen LogP contribution in [0.15, 0.2) is 30.3 Å². The van der Waals surface area contributed by atoms with Crippen LogP contribution in [0.5, 0.6) is 0 Å². The van der Waals surface area contributed by atoms with Gasteiger partial charge < -0.3 is 5.32 Å². The molecular weight excluding hydrogens is 234 g/mol. The van der Waals surface area contributed by atoms with Gasteiger partial charge in [0.1, 0.15) is 0 Å². The Labute approximate surface area is 107 Å². The molecule has 0 heterocycles. The Morgan fingerprint density at radius 1 is 1.28 bits per heavy atom. The summed E-state index contributed by atoms with van der Waals surface area (Å²) in [5.41, 5.74) is 1.10. The van der Waals surface area contributed by atoms with Crippen molar-refractivity contribution < 1.29 is 8.78 Å². The minimum Gasteiger partial charge on any atom is -0.314 e. The molecule has 1 aliphatic rings. The Morgan fingerprint density at radius 3 is 2.50 bits per heavy atom. The molecule has 0 amide bonds. The molecule has 0 spiro atoms. The maximum absolute atomic E-state index is 13.7. The quantitative estimate of drug-likeness (QED) is 0.804. The van der Waals surface area contributed by atoms with Crippen molar-refractivity contribution in [1.82, 2.24) is 10.2 Å². The maximum Gasteiger partial charge on any atom is 0.272 e. The zero-order chi connectivity index (χ0) is 13.0. The summed E-state index contributed by atoms with van der Waals surface area (Å²) < 4.78 is 27.3. The van der Waals surface area contributed by atoms with Crippen LogP contribution in [0, 0.1) is 0 Å². The lowest BCUT2D eigenvalue weighted by molar-refractivity contribution is -0.0333. The van der Waals surface area contributed by atoms with E-state index in [-0.39, 0.29) is 13.1 Å². The van der Waals surface area contributed by atoms with Crippen LogP contribution in [-0.2, 0) is 6.54 Å². The predicted molar refractivity (Wildman–Crippen MR) is 68.7 cm³/mol. The Hall–Kier alpha value is -1.00. The van der Waals surface area contributed by atoms with Crippen molar-refractivity contribution >= 4 is 0 Å². The van der Waals surface area contributed by atoms with Crippen LogP contribution >= 0.6 is 0 Å². The minimum atomic E-state index is -2.66. The van der Waals surface area contributed by atoms with Crippen molar-refractivity contribution in [1.29, 1.82) is 0 Å². The highest BCUT2D eigenvalue weighted by atomic mass is 19.3. The van der Waals surface area contributed by atoms with E-state index in [9.17, 15) is 8.78 Å². The Kier molecular flexibility index (Phi) is 4.30. The number of halogens is 2. The van der Waals surface area contributed by atoms with Gasteiger partial charge in [0.2, 0.25) is 0 Å². The molecule has 1 aromatic carbocycles. The number of rotatable bonds is 7.